The van der Waals surface area contributed by atoms with Crippen LogP contribution in [-0.4, -0.2) is 5.11 Å². The average molecular weight is 366 g/mol. The van der Waals surface area contributed by atoms with Crippen LogP contribution in [0.15, 0.2) is 46.9 Å². The molecule has 0 bridgehead atoms. The molecule has 0 heterocycles. The molecule has 1 unspecified atom stereocenters. The van der Waals surface area contributed by atoms with Crippen LogP contribution in [0.3, 0.4) is 0 Å². The summed E-state index contributed by atoms with van der Waals surface area (Å²) in [6.45, 7) is 0. The molecule has 1 N–H and O–H groups in total. The van der Waals surface area contributed by atoms with Crippen molar-refractivity contribution < 1.29 is 18.3 Å². The summed E-state index contributed by atoms with van der Waals surface area (Å²) in [5, 5.41) is 10.6. The van der Waals surface area contributed by atoms with Gasteiger partial charge >= 0.3 is 6.18 Å². The Morgan fingerprint density at radius 1 is 1.05 bits per heavy atom. The van der Waals surface area contributed by atoms with Gasteiger partial charge in [-0.2, -0.15) is 13.2 Å². The van der Waals surface area contributed by atoms with Crippen LogP contribution in [0.5, 0.6) is 0 Å². The largest absolute Gasteiger partial charge is 0.416 e. The standard InChI is InChI=1S/C14H9BrClF3O/c15-12-6-5-8(16)7-10(12)13(20)9-3-1-2-4-11(9)14(17,18)19/h1-7,13,20H. The third-order valence-corrected chi connectivity index (χ3v) is 3.77. The number of halogens is 5. The first kappa shape index (κ1) is 15.4. The molecule has 2 aromatic carbocycles. The van der Waals surface area contributed by atoms with Gasteiger partial charge in [-0.15, -0.1) is 0 Å². The highest BCUT2D eigenvalue weighted by atomic mass is 79.9. The molecular formula is C14H9BrClF3O. The van der Waals surface area contributed by atoms with E-state index in [0.717, 1.165) is 6.07 Å². The molecule has 0 aliphatic carbocycles. The number of rotatable bonds is 2. The van der Waals surface area contributed by atoms with Crippen molar-refractivity contribution in [3.8, 4) is 0 Å². The van der Waals surface area contributed by atoms with Crippen LogP contribution in [-0.2, 0) is 6.18 Å². The molecule has 0 aliphatic rings. The molecule has 0 saturated heterocycles. The molecule has 20 heavy (non-hydrogen) atoms. The van der Waals surface area contributed by atoms with Gasteiger partial charge in [0.05, 0.1) is 5.56 Å². The van der Waals surface area contributed by atoms with E-state index in [1.165, 1.54) is 24.3 Å². The zero-order valence-corrected chi connectivity index (χ0v) is 12.3. The number of hydrogen-bond acceptors (Lipinski definition) is 1. The third kappa shape index (κ3) is 3.16. The number of aliphatic hydroxyl groups excluding tert-OH is 1. The highest BCUT2D eigenvalue weighted by molar-refractivity contribution is 9.10. The van der Waals surface area contributed by atoms with Crippen molar-refractivity contribution >= 4 is 27.5 Å². The summed E-state index contributed by atoms with van der Waals surface area (Å²) < 4.78 is 39.4. The normalized spacial score (nSPS) is 13.3. The van der Waals surface area contributed by atoms with E-state index in [2.05, 4.69) is 15.9 Å². The van der Waals surface area contributed by atoms with Gasteiger partial charge in [-0.1, -0.05) is 45.7 Å². The molecule has 0 amide bonds. The number of aliphatic hydroxyl groups is 1. The van der Waals surface area contributed by atoms with Crippen molar-refractivity contribution in [2.45, 2.75) is 12.3 Å². The minimum Gasteiger partial charge on any atom is -0.384 e. The monoisotopic (exact) mass is 364 g/mol. The molecule has 106 valence electrons. The summed E-state index contributed by atoms with van der Waals surface area (Å²) >= 11 is 9.03. The Bertz CT molecular complexity index is 628. The SMILES string of the molecule is OC(c1cc(Cl)ccc1Br)c1ccccc1C(F)(F)F. The highest BCUT2D eigenvalue weighted by Crippen LogP contribution is 2.38. The first-order valence-corrected chi connectivity index (χ1v) is 6.77. The Hall–Kier alpha value is -1.04. The van der Waals surface area contributed by atoms with Crippen molar-refractivity contribution in [1.29, 1.82) is 0 Å². The van der Waals surface area contributed by atoms with Crippen LogP contribution in [0.2, 0.25) is 5.02 Å². The summed E-state index contributed by atoms with van der Waals surface area (Å²) in [5.74, 6) is 0. The maximum absolute atomic E-state index is 13.0. The molecular weight excluding hydrogens is 357 g/mol. The van der Waals surface area contributed by atoms with Crippen molar-refractivity contribution in [3.05, 3.63) is 68.7 Å². The number of hydrogen-bond donors (Lipinski definition) is 1. The summed E-state index contributed by atoms with van der Waals surface area (Å²) in [7, 11) is 0. The van der Waals surface area contributed by atoms with E-state index < -0.39 is 17.8 Å². The Kier molecular flexibility index (Phi) is 4.42. The quantitative estimate of drug-likeness (QED) is 0.775. The van der Waals surface area contributed by atoms with Crippen LogP contribution in [0.4, 0.5) is 13.2 Å². The van der Waals surface area contributed by atoms with Crippen LogP contribution in [0.25, 0.3) is 0 Å². The Morgan fingerprint density at radius 3 is 2.35 bits per heavy atom. The van der Waals surface area contributed by atoms with Gasteiger partial charge in [0.1, 0.15) is 6.10 Å². The van der Waals surface area contributed by atoms with E-state index >= 15 is 0 Å². The zero-order valence-electron chi connectivity index (χ0n) is 9.96. The van der Waals surface area contributed by atoms with Crippen molar-refractivity contribution in [2.75, 3.05) is 0 Å². The predicted molar refractivity (Wildman–Crippen MR) is 74.7 cm³/mol. The molecule has 0 aromatic heterocycles. The van der Waals surface area contributed by atoms with Crippen molar-refractivity contribution in [1.82, 2.24) is 0 Å². The fourth-order valence-electron chi connectivity index (χ4n) is 1.89. The second kappa shape index (κ2) is 5.76. The molecule has 1 nitrogen and oxygen atoms in total. The second-order valence-electron chi connectivity index (χ2n) is 4.15. The minimum atomic E-state index is -4.53. The molecule has 1 atom stereocenters. The van der Waals surface area contributed by atoms with E-state index in [1.807, 2.05) is 0 Å². The maximum Gasteiger partial charge on any atom is 0.416 e. The fraction of sp³-hybridized carbons (Fsp3) is 0.143. The van der Waals surface area contributed by atoms with Gasteiger partial charge in [0.25, 0.3) is 0 Å². The molecule has 0 saturated carbocycles. The van der Waals surface area contributed by atoms with Crippen LogP contribution < -0.4 is 0 Å². The van der Waals surface area contributed by atoms with E-state index in [4.69, 9.17) is 11.6 Å². The smallest absolute Gasteiger partial charge is 0.384 e. The first-order chi connectivity index (χ1) is 9.30. The summed E-state index contributed by atoms with van der Waals surface area (Å²) in [6.07, 6.45) is -5.94. The molecule has 2 aromatic rings. The van der Waals surface area contributed by atoms with Gasteiger partial charge in [0.2, 0.25) is 0 Å². The van der Waals surface area contributed by atoms with E-state index in [1.54, 1.807) is 12.1 Å². The topological polar surface area (TPSA) is 20.2 Å². The molecule has 0 fully saturated rings. The maximum atomic E-state index is 13.0. The highest BCUT2D eigenvalue weighted by Gasteiger charge is 2.35. The molecule has 0 aliphatic heterocycles. The third-order valence-electron chi connectivity index (χ3n) is 2.81. The minimum absolute atomic E-state index is 0.206. The Morgan fingerprint density at radius 2 is 1.70 bits per heavy atom. The first-order valence-electron chi connectivity index (χ1n) is 5.60. The van der Waals surface area contributed by atoms with Crippen LogP contribution in [0.1, 0.15) is 22.8 Å². The van der Waals surface area contributed by atoms with Gasteiger partial charge in [0.15, 0.2) is 0 Å². The lowest BCUT2D eigenvalue weighted by Crippen LogP contribution is -2.12. The lowest BCUT2D eigenvalue weighted by Gasteiger charge is -2.19. The number of benzene rings is 2. The van der Waals surface area contributed by atoms with Gasteiger partial charge in [-0.05, 0) is 29.8 Å². The van der Waals surface area contributed by atoms with Crippen LogP contribution >= 0.6 is 27.5 Å². The Labute approximate surface area is 127 Å². The van der Waals surface area contributed by atoms with E-state index in [9.17, 15) is 18.3 Å². The van der Waals surface area contributed by atoms with E-state index in [0.29, 0.717) is 9.50 Å². The summed E-state index contributed by atoms with van der Waals surface area (Å²) in [5.41, 5.74) is -0.781. The molecule has 6 heteroatoms. The number of alkyl halides is 3. The van der Waals surface area contributed by atoms with Gasteiger partial charge < -0.3 is 5.11 Å². The summed E-state index contributed by atoms with van der Waals surface area (Å²) in [4.78, 5) is 0. The lowest BCUT2D eigenvalue weighted by atomic mass is 9.96. The van der Waals surface area contributed by atoms with Crippen molar-refractivity contribution in [2.24, 2.45) is 0 Å². The zero-order chi connectivity index (χ0) is 14.9. The van der Waals surface area contributed by atoms with Crippen LogP contribution in [0, 0.1) is 0 Å². The fourth-order valence-corrected chi connectivity index (χ4v) is 2.53. The average Bonchev–Trinajstić information content (AvgIpc) is 2.40. The second-order valence-corrected chi connectivity index (χ2v) is 5.44. The van der Waals surface area contributed by atoms with Crippen molar-refractivity contribution in [3.63, 3.8) is 0 Å². The van der Waals surface area contributed by atoms with E-state index in [-0.39, 0.29) is 11.1 Å². The molecule has 0 radical (unpaired) electrons. The van der Waals surface area contributed by atoms with Gasteiger partial charge in [0, 0.05) is 15.1 Å². The molecule has 0 spiro atoms. The van der Waals surface area contributed by atoms with Gasteiger partial charge in [-0.3, -0.25) is 0 Å². The summed E-state index contributed by atoms with van der Waals surface area (Å²) in [6, 6.07) is 9.52. The molecule has 2 rings (SSSR count). The Balaban J connectivity index is 2.54. The predicted octanol–water partition coefficient (Wildman–Crippen LogP) is 5.20. The van der Waals surface area contributed by atoms with Gasteiger partial charge in [-0.25, -0.2) is 0 Å². The lowest BCUT2D eigenvalue weighted by molar-refractivity contribution is -0.139.